The molecule has 1 aromatic rings. The van der Waals surface area contributed by atoms with Crippen LogP contribution in [0.1, 0.15) is 37.3 Å². The third-order valence-electron chi connectivity index (χ3n) is 4.35. The highest BCUT2D eigenvalue weighted by molar-refractivity contribution is 6.43. The van der Waals surface area contributed by atoms with Crippen LogP contribution < -0.4 is 15.8 Å². The van der Waals surface area contributed by atoms with Gasteiger partial charge in [-0.1, -0.05) is 35.7 Å². The number of rotatable bonds is 3. The molecule has 1 aliphatic heterocycles. The molecule has 0 saturated heterocycles. The lowest BCUT2D eigenvalue weighted by atomic mass is 9.99. The van der Waals surface area contributed by atoms with Gasteiger partial charge >= 0.3 is 0 Å². The lowest BCUT2D eigenvalue weighted by Gasteiger charge is -2.17. The van der Waals surface area contributed by atoms with Crippen LogP contribution in [-0.4, -0.2) is 18.6 Å². The van der Waals surface area contributed by atoms with Crippen molar-refractivity contribution < 1.29 is 9.53 Å². The number of hydrogen-bond donors (Lipinski definition) is 2. The van der Waals surface area contributed by atoms with Crippen molar-refractivity contribution in [3.05, 3.63) is 27.7 Å². The molecule has 4 nitrogen and oxygen atoms in total. The maximum absolute atomic E-state index is 12.2. The standard InChI is InChI=1S/C15H18Cl2N2O2.ClH/c16-10-5-4-9-12(7-21-15(9)14(10)17)19-13(20)6-8-2-1-3-11(8)18;/h4-5,8,11-12H,1-3,6-7,18H2,(H,19,20);1H/t8-,11+,12?;/m0./s1. The summed E-state index contributed by atoms with van der Waals surface area (Å²) in [5.41, 5.74) is 6.89. The molecule has 1 aromatic carbocycles. The molecule has 22 heavy (non-hydrogen) atoms. The Labute approximate surface area is 146 Å². The second-order valence-corrected chi connectivity index (χ2v) is 6.55. The minimum atomic E-state index is -0.167. The van der Waals surface area contributed by atoms with Crippen LogP contribution in [0, 0.1) is 5.92 Å². The minimum absolute atomic E-state index is 0. The van der Waals surface area contributed by atoms with E-state index in [9.17, 15) is 4.79 Å². The monoisotopic (exact) mass is 364 g/mol. The maximum atomic E-state index is 12.2. The normalized spacial score (nSPS) is 26.0. The van der Waals surface area contributed by atoms with Gasteiger partial charge in [-0.05, 0) is 24.8 Å². The molecule has 1 amide bonds. The summed E-state index contributed by atoms with van der Waals surface area (Å²) in [5, 5.41) is 3.87. The van der Waals surface area contributed by atoms with Crippen molar-refractivity contribution >= 4 is 41.5 Å². The van der Waals surface area contributed by atoms with E-state index in [4.69, 9.17) is 33.7 Å². The molecular weight excluding hydrogens is 347 g/mol. The van der Waals surface area contributed by atoms with Gasteiger partial charge in [-0.25, -0.2) is 0 Å². The van der Waals surface area contributed by atoms with Crippen molar-refractivity contribution in [2.24, 2.45) is 11.7 Å². The van der Waals surface area contributed by atoms with E-state index in [-0.39, 0.29) is 30.4 Å². The fourth-order valence-corrected chi connectivity index (χ4v) is 3.53. The smallest absolute Gasteiger partial charge is 0.220 e. The van der Waals surface area contributed by atoms with Gasteiger partial charge in [0.25, 0.3) is 0 Å². The quantitative estimate of drug-likeness (QED) is 0.862. The molecule has 3 rings (SSSR count). The van der Waals surface area contributed by atoms with Crippen LogP contribution in [0.5, 0.6) is 5.75 Å². The highest BCUT2D eigenvalue weighted by Crippen LogP contribution is 2.42. The average Bonchev–Trinajstić information content (AvgIpc) is 3.02. The van der Waals surface area contributed by atoms with Gasteiger partial charge in [-0.15, -0.1) is 12.4 Å². The summed E-state index contributed by atoms with van der Waals surface area (Å²) in [6, 6.07) is 3.56. The van der Waals surface area contributed by atoms with E-state index in [0.717, 1.165) is 24.8 Å². The van der Waals surface area contributed by atoms with Crippen molar-refractivity contribution in [3.63, 3.8) is 0 Å². The van der Waals surface area contributed by atoms with Crippen molar-refractivity contribution in [2.45, 2.75) is 37.8 Å². The first kappa shape index (κ1) is 17.7. The summed E-state index contributed by atoms with van der Waals surface area (Å²) in [7, 11) is 0. The number of ether oxygens (including phenoxy) is 1. The van der Waals surface area contributed by atoms with E-state index >= 15 is 0 Å². The zero-order chi connectivity index (χ0) is 15.0. The van der Waals surface area contributed by atoms with Crippen LogP contribution in [0.4, 0.5) is 0 Å². The zero-order valence-corrected chi connectivity index (χ0v) is 14.3. The van der Waals surface area contributed by atoms with Crippen LogP contribution in [-0.2, 0) is 4.79 Å². The Balaban J connectivity index is 0.00000176. The highest BCUT2D eigenvalue weighted by Gasteiger charge is 2.31. The molecule has 3 N–H and O–H groups in total. The number of hydrogen-bond acceptors (Lipinski definition) is 3. The predicted octanol–water partition coefficient (Wildman–Crippen LogP) is 3.48. The van der Waals surface area contributed by atoms with Gasteiger partial charge in [0.05, 0.1) is 11.1 Å². The Bertz CT molecular complexity index is 568. The van der Waals surface area contributed by atoms with Crippen LogP contribution in [0.2, 0.25) is 10.0 Å². The number of benzene rings is 1. The molecule has 0 spiro atoms. The maximum Gasteiger partial charge on any atom is 0.220 e. The molecule has 1 heterocycles. The van der Waals surface area contributed by atoms with E-state index in [1.807, 2.05) is 6.07 Å². The number of nitrogens with two attached hydrogens (primary N) is 1. The average molecular weight is 366 g/mol. The number of fused-ring (bicyclic) bond motifs is 1. The molecule has 1 fully saturated rings. The molecule has 1 unspecified atom stereocenters. The summed E-state index contributed by atoms with van der Waals surface area (Å²) >= 11 is 12.1. The number of nitrogens with one attached hydrogen (secondary N) is 1. The van der Waals surface area contributed by atoms with E-state index in [1.165, 1.54) is 0 Å². The first-order chi connectivity index (χ1) is 10.1. The Morgan fingerprint density at radius 1 is 1.36 bits per heavy atom. The van der Waals surface area contributed by atoms with Gasteiger partial charge in [0.1, 0.15) is 17.4 Å². The number of carbonyl (C=O) groups is 1. The van der Waals surface area contributed by atoms with Crippen LogP contribution in [0.15, 0.2) is 12.1 Å². The number of carbonyl (C=O) groups excluding carboxylic acids is 1. The summed E-state index contributed by atoms with van der Waals surface area (Å²) in [6.45, 7) is 0.387. The van der Waals surface area contributed by atoms with Gasteiger partial charge in [0.2, 0.25) is 5.91 Å². The summed E-state index contributed by atoms with van der Waals surface area (Å²) in [6.07, 6.45) is 3.64. The van der Waals surface area contributed by atoms with Gasteiger partial charge in [0.15, 0.2) is 0 Å². The first-order valence-corrected chi connectivity index (χ1v) is 7.97. The third-order valence-corrected chi connectivity index (χ3v) is 5.14. The largest absolute Gasteiger partial charge is 0.489 e. The van der Waals surface area contributed by atoms with Crippen molar-refractivity contribution in [1.29, 1.82) is 0 Å². The van der Waals surface area contributed by atoms with Crippen molar-refractivity contribution in [3.8, 4) is 5.75 Å². The fraction of sp³-hybridized carbons (Fsp3) is 0.533. The zero-order valence-electron chi connectivity index (χ0n) is 12.0. The topological polar surface area (TPSA) is 64.4 Å². The SMILES string of the molecule is Cl.N[C@@H]1CCC[C@H]1CC(=O)NC1COc2c1ccc(Cl)c2Cl. The second kappa shape index (κ2) is 7.26. The number of amides is 1. The molecule has 1 aliphatic carbocycles. The second-order valence-electron chi connectivity index (χ2n) is 5.77. The van der Waals surface area contributed by atoms with E-state index < -0.39 is 0 Å². The molecule has 0 bridgehead atoms. The van der Waals surface area contributed by atoms with Gasteiger partial charge in [-0.2, -0.15) is 0 Å². The van der Waals surface area contributed by atoms with E-state index in [1.54, 1.807) is 6.07 Å². The van der Waals surface area contributed by atoms with Crippen molar-refractivity contribution in [2.75, 3.05) is 6.61 Å². The van der Waals surface area contributed by atoms with Gasteiger partial charge < -0.3 is 15.8 Å². The van der Waals surface area contributed by atoms with Crippen molar-refractivity contribution in [1.82, 2.24) is 5.32 Å². The lowest BCUT2D eigenvalue weighted by Crippen LogP contribution is -2.34. The first-order valence-electron chi connectivity index (χ1n) is 7.22. The minimum Gasteiger partial charge on any atom is -0.489 e. The third kappa shape index (κ3) is 3.46. The molecule has 2 aliphatic rings. The van der Waals surface area contributed by atoms with Crippen LogP contribution in [0.25, 0.3) is 0 Å². The lowest BCUT2D eigenvalue weighted by molar-refractivity contribution is -0.122. The van der Waals surface area contributed by atoms with E-state index in [2.05, 4.69) is 5.32 Å². The highest BCUT2D eigenvalue weighted by atomic mass is 35.5. The van der Waals surface area contributed by atoms with Gasteiger partial charge in [-0.3, -0.25) is 4.79 Å². The Hall–Kier alpha value is -0.680. The Kier molecular flexibility index (Phi) is 5.83. The summed E-state index contributed by atoms with van der Waals surface area (Å²) in [4.78, 5) is 12.2. The molecule has 122 valence electrons. The molecular formula is C15H19Cl3N2O2. The molecule has 3 atom stereocenters. The molecule has 1 saturated carbocycles. The van der Waals surface area contributed by atoms with Crippen LogP contribution in [0.3, 0.4) is 0 Å². The Morgan fingerprint density at radius 3 is 2.82 bits per heavy atom. The fourth-order valence-electron chi connectivity index (χ4n) is 3.15. The predicted molar refractivity (Wildman–Crippen MR) is 90.0 cm³/mol. The summed E-state index contributed by atoms with van der Waals surface area (Å²) < 4.78 is 5.56. The molecule has 0 radical (unpaired) electrons. The number of halogens is 3. The van der Waals surface area contributed by atoms with Gasteiger partial charge in [0, 0.05) is 18.0 Å². The van der Waals surface area contributed by atoms with Crippen LogP contribution >= 0.6 is 35.6 Å². The summed E-state index contributed by atoms with van der Waals surface area (Å²) in [5.74, 6) is 0.887. The Morgan fingerprint density at radius 2 is 2.14 bits per heavy atom. The molecule has 0 aromatic heterocycles. The molecule has 7 heteroatoms. The van der Waals surface area contributed by atoms with E-state index in [0.29, 0.717) is 34.7 Å².